The van der Waals surface area contributed by atoms with Gasteiger partial charge in [-0.15, -0.1) is 5.10 Å². The first-order valence-electron chi connectivity index (χ1n) is 7.64. The highest BCUT2D eigenvalue weighted by Crippen LogP contribution is 2.22. The molecule has 3 aromatic heterocycles. The number of hydrogen-bond acceptors (Lipinski definition) is 4. The van der Waals surface area contributed by atoms with Crippen molar-refractivity contribution < 1.29 is 4.39 Å². The van der Waals surface area contributed by atoms with E-state index in [0.717, 1.165) is 16.9 Å². The van der Waals surface area contributed by atoms with Crippen molar-refractivity contribution in [3.8, 4) is 11.3 Å². The van der Waals surface area contributed by atoms with Crippen LogP contribution in [0.5, 0.6) is 0 Å². The Morgan fingerprint density at radius 3 is 2.72 bits per heavy atom. The first-order valence-corrected chi connectivity index (χ1v) is 8.02. The quantitative estimate of drug-likeness (QED) is 0.597. The second-order valence-electron chi connectivity index (χ2n) is 5.42. The number of imidazole rings is 1. The number of hydrogen-bond donors (Lipinski definition) is 1. The molecule has 3 heterocycles. The van der Waals surface area contributed by atoms with Gasteiger partial charge in [0.1, 0.15) is 11.6 Å². The first kappa shape index (κ1) is 15.5. The number of nitrogens with zero attached hydrogens (tertiary/aromatic N) is 4. The number of benzene rings is 1. The largest absolute Gasteiger partial charge is 0.364 e. The standard InChI is InChI=1S/C18H13ClFN5/c19-14-2-1-3-15(20)13(14)10-22-17-4-5-18-23-11-16(25(18)24-17)12-6-8-21-9-7-12/h1-9,11H,10H2,(H,22,24). The van der Waals surface area contributed by atoms with Gasteiger partial charge >= 0.3 is 0 Å². The van der Waals surface area contributed by atoms with Gasteiger partial charge in [0.2, 0.25) is 0 Å². The molecule has 0 saturated heterocycles. The Bertz CT molecular complexity index is 1010. The summed E-state index contributed by atoms with van der Waals surface area (Å²) in [6.07, 6.45) is 5.20. The molecule has 4 rings (SSSR count). The maximum atomic E-state index is 13.9. The molecule has 0 fully saturated rings. The minimum atomic E-state index is -0.346. The van der Waals surface area contributed by atoms with E-state index in [4.69, 9.17) is 11.6 Å². The lowest BCUT2D eigenvalue weighted by Gasteiger charge is -2.09. The summed E-state index contributed by atoms with van der Waals surface area (Å²) in [6, 6.07) is 12.1. The smallest absolute Gasteiger partial charge is 0.154 e. The normalized spacial score (nSPS) is 11.0. The van der Waals surface area contributed by atoms with Gasteiger partial charge in [0.05, 0.1) is 11.9 Å². The molecule has 124 valence electrons. The lowest BCUT2D eigenvalue weighted by atomic mass is 10.2. The number of nitrogens with one attached hydrogen (secondary N) is 1. The van der Waals surface area contributed by atoms with Gasteiger partial charge in [0.25, 0.3) is 0 Å². The van der Waals surface area contributed by atoms with Crippen LogP contribution in [0.15, 0.2) is 61.1 Å². The lowest BCUT2D eigenvalue weighted by Crippen LogP contribution is -2.06. The van der Waals surface area contributed by atoms with Crippen molar-refractivity contribution in [1.82, 2.24) is 19.6 Å². The van der Waals surface area contributed by atoms with Crippen molar-refractivity contribution in [2.45, 2.75) is 6.54 Å². The van der Waals surface area contributed by atoms with Gasteiger partial charge in [0.15, 0.2) is 5.65 Å². The van der Waals surface area contributed by atoms with E-state index >= 15 is 0 Å². The van der Waals surface area contributed by atoms with Gasteiger partial charge in [-0.2, -0.15) is 0 Å². The van der Waals surface area contributed by atoms with Crippen LogP contribution in [0.3, 0.4) is 0 Å². The van der Waals surface area contributed by atoms with E-state index in [9.17, 15) is 4.39 Å². The molecule has 0 aliphatic carbocycles. The second-order valence-corrected chi connectivity index (χ2v) is 5.83. The Balaban J connectivity index is 1.65. The van der Waals surface area contributed by atoms with Crippen molar-refractivity contribution in [3.63, 3.8) is 0 Å². The van der Waals surface area contributed by atoms with Crippen molar-refractivity contribution in [2.24, 2.45) is 0 Å². The summed E-state index contributed by atoms with van der Waals surface area (Å²) in [5.74, 6) is 0.251. The van der Waals surface area contributed by atoms with E-state index in [1.165, 1.54) is 6.07 Å². The second kappa shape index (κ2) is 6.49. The fourth-order valence-corrected chi connectivity index (χ4v) is 2.80. The number of aromatic nitrogens is 4. The molecule has 5 nitrogen and oxygen atoms in total. The maximum Gasteiger partial charge on any atom is 0.154 e. The third kappa shape index (κ3) is 3.04. The fraction of sp³-hybridized carbons (Fsp3) is 0.0556. The summed E-state index contributed by atoms with van der Waals surface area (Å²) in [4.78, 5) is 8.38. The fourth-order valence-electron chi connectivity index (χ4n) is 2.57. The monoisotopic (exact) mass is 353 g/mol. The zero-order chi connectivity index (χ0) is 17.2. The van der Waals surface area contributed by atoms with E-state index in [1.54, 1.807) is 41.3 Å². The summed E-state index contributed by atoms with van der Waals surface area (Å²) in [7, 11) is 0. The van der Waals surface area contributed by atoms with E-state index in [2.05, 4.69) is 20.4 Å². The first-order chi connectivity index (χ1) is 12.2. The van der Waals surface area contributed by atoms with E-state index in [0.29, 0.717) is 16.4 Å². The summed E-state index contributed by atoms with van der Waals surface area (Å²) >= 11 is 6.06. The van der Waals surface area contributed by atoms with Crippen molar-refractivity contribution in [3.05, 3.63) is 77.5 Å². The highest BCUT2D eigenvalue weighted by atomic mass is 35.5. The summed E-state index contributed by atoms with van der Waals surface area (Å²) < 4.78 is 15.6. The third-order valence-corrected chi connectivity index (χ3v) is 4.20. The van der Waals surface area contributed by atoms with Crippen molar-refractivity contribution in [1.29, 1.82) is 0 Å². The zero-order valence-corrected chi connectivity index (χ0v) is 13.8. The van der Waals surface area contributed by atoms with Crippen LogP contribution in [0.25, 0.3) is 16.9 Å². The number of halogens is 2. The van der Waals surface area contributed by atoms with E-state index < -0.39 is 0 Å². The number of anilines is 1. The predicted octanol–water partition coefficient (Wildman–Crippen LogP) is 4.20. The maximum absolute atomic E-state index is 13.9. The Kier molecular flexibility index (Phi) is 4.03. The molecule has 0 radical (unpaired) electrons. The van der Waals surface area contributed by atoms with E-state index in [1.807, 2.05) is 18.2 Å². The number of pyridine rings is 1. The highest BCUT2D eigenvalue weighted by Gasteiger charge is 2.10. The van der Waals surface area contributed by atoms with Crippen LogP contribution in [-0.4, -0.2) is 19.6 Å². The van der Waals surface area contributed by atoms with Crippen molar-refractivity contribution >= 4 is 23.1 Å². The molecule has 25 heavy (non-hydrogen) atoms. The van der Waals surface area contributed by atoms with Gasteiger partial charge in [-0.3, -0.25) is 4.98 Å². The van der Waals surface area contributed by atoms with Crippen LogP contribution < -0.4 is 5.32 Å². The topological polar surface area (TPSA) is 55.1 Å². The molecule has 0 saturated carbocycles. The molecule has 0 atom stereocenters. The van der Waals surface area contributed by atoms with Gasteiger partial charge in [-0.1, -0.05) is 17.7 Å². The molecular weight excluding hydrogens is 341 g/mol. The highest BCUT2D eigenvalue weighted by molar-refractivity contribution is 6.31. The molecule has 0 amide bonds. The minimum Gasteiger partial charge on any atom is -0.364 e. The molecule has 0 aliphatic heterocycles. The summed E-state index contributed by atoms with van der Waals surface area (Å²) in [5.41, 5.74) is 2.95. The van der Waals surface area contributed by atoms with Crippen LogP contribution >= 0.6 is 11.6 Å². The molecule has 0 bridgehead atoms. The van der Waals surface area contributed by atoms with Crippen LogP contribution in [0.4, 0.5) is 10.2 Å². The molecule has 1 N–H and O–H groups in total. The third-order valence-electron chi connectivity index (χ3n) is 3.85. The lowest BCUT2D eigenvalue weighted by molar-refractivity contribution is 0.613. The number of fused-ring (bicyclic) bond motifs is 1. The predicted molar refractivity (Wildman–Crippen MR) is 95.0 cm³/mol. The molecule has 1 aromatic carbocycles. The van der Waals surface area contributed by atoms with Crippen LogP contribution in [-0.2, 0) is 6.54 Å². The number of rotatable bonds is 4. The van der Waals surface area contributed by atoms with Gasteiger partial charge in [-0.25, -0.2) is 13.9 Å². The average Bonchev–Trinajstić information content (AvgIpc) is 3.05. The molecule has 0 unspecified atom stereocenters. The molecule has 0 spiro atoms. The molecular formula is C18H13ClFN5. The van der Waals surface area contributed by atoms with Gasteiger partial charge in [0, 0.05) is 35.1 Å². The van der Waals surface area contributed by atoms with E-state index in [-0.39, 0.29) is 12.4 Å². The van der Waals surface area contributed by atoms with Crippen LogP contribution in [0, 0.1) is 5.82 Å². The molecule has 7 heteroatoms. The summed E-state index contributed by atoms with van der Waals surface area (Å²) in [6.45, 7) is 0.239. The van der Waals surface area contributed by atoms with Crippen molar-refractivity contribution in [2.75, 3.05) is 5.32 Å². The van der Waals surface area contributed by atoms with Gasteiger partial charge < -0.3 is 5.32 Å². The summed E-state index contributed by atoms with van der Waals surface area (Å²) in [5, 5.41) is 8.03. The van der Waals surface area contributed by atoms with Crippen LogP contribution in [0.2, 0.25) is 5.02 Å². The Morgan fingerprint density at radius 2 is 1.92 bits per heavy atom. The molecule has 0 aliphatic rings. The minimum absolute atomic E-state index is 0.239. The Labute approximate surface area is 148 Å². The Morgan fingerprint density at radius 1 is 1.08 bits per heavy atom. The van der Waals surface area contributed by atoms with Gasteiger partial charge in [-0.05, 0) is 36.4 Å². The zero-order valence-electron chi connectivity index (χ0n) is 13.0. The van der Waals surface area contributed by atoms with Crippen LogP contribution in [0.1, 0.15) is 5.56 Å². The molecule has 4 aromatic rings. The SMILES string of the molecule is Fc1cccc(Cl)c1CNc1ccc2ncc(-c3ccncc3)n2n1. The Hall–Kier alpha value is -2.99. The average molecular weight is 354 g/mol.